The molecule has 1 fully saturated rings. The number of rotatable bonds is 4. The second-order valence-corrected chi connectivity index (χ2v) is 8.49. The number of thiophene rings is 1. The minimum atomic E-state index is 0.336. The molecular formula is C17H30N2S. The maximum absolute atomic E-state index is 3.77. The van der Waals surface area contributed by atoms with Gasteiger partial charge in [0.05, 0.1) is 0 Å². The molecule has 1 N–H and O–H groups in total. The Morgan fingerprint density at radius 1 is 1.40 bits per heavy atom. The van der Waals surface area contributed by atoms with Crippen LogP contribution in [0.4, 0.5) is 0 Å². The van der Waals surface area contributed by atoms with E-state index in [0.29, 0.717) is 23.4 Å². The van der Waals surface area contributed by atoms with Crippen LogP contribution in [-0.4, -0.2) is 36.6 Å². The fourth-order valence-electron chi connectivity index (χ4n) is 3.03. The van der Waals surface area contributed by atoms with E-state index in [4.69, 9.17) is 0 Å². The minimum Gasteiger partial charge on any atom is -0.311 e. The monoisotopic (exact) mass is 294 g/mol. The van der Waals surface area contributed by atoms with Gasteiger partial charge in [-0.3, -0.25) is 4.90 Å². The van der Waals surface area contributed by atoms with E-state index < -0.39 is 0 Å². The van der Waals surface area contributed by atoms with Crippen LogP contribution in [-0.2, 0) is 6.42 Å². The van der Waals surface area contributed by atoms with Crippen molar-refractivity contribution in [3.63, 3.8) is 0 Å². The molecule has 2 nitrogen and oxygen atoms in total. The summed E-state index contributed by atoms with van der Waals surface area (Å²) in [5.74, 6) is 0.715. The molecule has 0 saturated carbocycles. The Hall–Kier alpha value is -0.380. The average molecular weight is 295 g/mol. The van der Waals surface area contributed by atoms with Gasteiger partial charge in [-0.25, -0.2) is 0 Å². The molecule has 2 heterocycles. The summed E-state index contributed by atoms with van der Waals surface area (Å²) in [5.41, 5.74) is 0.336. The molecule has 0 bridgehead atoms. The minimum absolute atomic E-state index is 0.336. The van der Waals surface area contributed by atoms with Crippen LogP contribution in [0.1, 0.15) is 39.5 Å². The Morgan fingerprint density at radius 2 is 2.15 bits per heavy atom. The molecular weight excluding hydrogens is 264 g/mol. The zero-order valence-electron chi connectivity index (χ0n) is 13.6. The molecule has 1 aromatic heterocycles. The van der Waals surface area contributed by atoms with E-state index in [9.17, 15) is 0 Å². The lowest BCUT2D eigenvalue weighted by molar-refractivity contribution is 0.0644. The van der Waals surface area contributed by atoms with Crippen LogP contribution < -0.4 is 5.32 Å². The first-order chi connectivity index (χ1) is 9.38. The van der Waals surface area contributed by atoms with Crippen LogP contribution in [0, 0.1) is 11.3 Å². The van der Waals surface area contributed by atoms with Gasteiger partial charge < -0.3 is 5.32 Å². The largest absolute Gasteiger partial charge is 0.311 e. The fourth-order valence-corrected chi connectivity index (χ4v) is 3.73. The number of hydrogen-bond acceptors (Lipinski definition) is 3. The molecule has 0 spiro atoms. The van der Waals surface area contributed by atoms with Gasteiger partial charge in [0.1, 0.15) is 0 Å². The zero-order chi connectivity index (χ0) is 14.8. The van der Waals surface area contributed by atoms with E-state index in [1.54, 1.807) is 0 Å². The molecule has 0 amide bonds. The molecule has 2 rings (SSSR count). The second-order valence-electron chi connectivity index (χ2n) is 7.46. The normalized spacial score (nSPS) is 25.3. The third kappa shape index (κ3) is 4.06. The standard InChI is InChI=1S/C17H30N2S/c1-13(2)15-11-18-16(17(3,4)5)12-19(15)9-8-14-7-6-10-20-14/h6-7,10,13,15-16,18H,8-9,11-12H2,1-5H3. The van der Waals surface area contributed by atoms with Crippen molar-refractivity contribution < 1.29 is 0 Å². The summed E-state index contributed by atoms with van der Waals surface area (Å²) in [7, 11) is 0. The summed E-state index contributed by atoms with van der Waals surface area (Å²) in [6.45, 7) is 15.2. The van der Waals surface area contributed by atoms with Gasteiger partial charge in [-0.15, -0.1) is 11.3 Å². The van der Waals surface area contributed by atoms with Crippen molar-refractivity contribution in [1.82, 2.24) is 10.2 Å². The van der Waals surface area contributed by atoms with E-state index in [0.717, 1.165) is 6.54 Å². The van der Waals surface area contributed by atoms with Crippen molar-refractivity contribution in [3.05, 3.63) is 22.4 Å². The predicted octanol–water partition coefficient (Wildman–Crippen LogP) is 3.64. The van der Waals surface area contributed by atoms with Gasteiger partial charge in [0.2, 0.25) is 0 Å². The van der Waals surface area contributed by atoms with Gasteiger partial charge in [-0.2, -0.15) is 0 Å². The van der Waals surface area contributed by atoms with Crippen LogP contribution in [0.15, 0.2) is 17.5 Å². The van der Waals surface area contributed by atoms with Crippen molar-refractivity contribution in [2.75, 3.05) is 19.6 Å². The average Bonchev–Trinajstić information content (AvgIpc) is 2.87. The smallest absolute Gasteiger partial charge is 0.0244 e. The molecule has 1 aromatic rings. The molecule has 1 aliphatic rings. The van der Waals surface area contributed by atoms with Crippen LogP contribution in [0.2, 0.25) is 0 Å². The number of piperazine rings is 1. The van der Waals surface area contributed by atoms with E-state index >= 15 is 0 Å². The quantitative estimate of drug-likeness (QED) is 0.912. The lowest BCUT2D eigenvalue weighted by Crippen LogP contribution is -2.61. The van der Waals surface area contributed by atoms with Crippen LogP contribution in [0.3, 0.4) is 0 Å². The van der Waals surface area contributed by atoms with Crippen LogP contribution in [0.5, 0.6) is 0 Å². The summed E-state index contributed by atoms with van der Waals surface area (Å²) in [6.07, 6.45) is 1.19. The lowest BCUT2D eigenvalue weighted by Gasteiger charge is -2.46. The molecule has 3 heteroatoms. The summed E-state index contributed by atoms with van der Waals surface area (Å²) >= 11 is 1.89. The predicted molar refractivity (Wildman–Crippen MR) is 89.5 cm³/mol. The number of hydrogen-bond donors (Lipinski definition) is 1. The molecule has 2 unspecified atom stereocenters. The number of nitrogens with one attached hydrogen (secondary N) is 1. The van der Waals surface area contributed by atoms with Gasteiger partial charge in [0.25, 0.3) is 0 Å². The highest BCUT2D eigenvalue weighted by Gasteiger charge is 2.34. The Bertz CT molecular complexity index is 392. The Morgan fingerprint density at radius 3 is 2.70 bits per heavy atom. The lowest BCUT2D eigenvalue weighted by atomic mass is 9.83. The third-order valence-corrected chi connectivity index (χ3v) is 5.44. The van der Waals surface area contributed by atoms with Crippen molar-refractivity contribution >= 4 is 11.3 Å². The molecule has 0 radical (unpaired) electrons. The summed E-state index contributed by atoms with van der Waals surface area (Å²) in [4.78, 5) is 4.23. The second kappa shape index (κ2) is 6.59. The Balaban J connectivity index is 1.99. The maximum atomic E-state index is 3.77. The molecule has 114 valence electrons. The van der Waals surface area contributed by atoms with Gasteiger partial charge >= 0.3 is 0 Å². The fraction of sp³-hybridized carbons (Fsp3) is 0.765. The van der Waals surface area contributed by atoms with E-state index in [-0.39, 0.29) is 0 Å². The van der Waals surface area contributed by atoms with Gasteiger partial charge in [0, 0.05) is 36.6 Å². The molecule has 2 atom stereocenters. The highest BCUT2D eigenvalue weighted by atomic mass is 32.1. The SMILES string of the molecule is CC(C)C1CNC(C(C)(C)C)CN1CCc1cccs1. The highest BCUT2D eigenvalue weighted by molar-refractivity contribution is 7.09. The first kappa shape index (κ1) is 16.0. The van der Waals surface area contributed by atoms with Gasteiger partial charge in [-0.05, 0) is 29.2 Å². The van der Waals surface area contributed by atoms with Crippen LogP contribution in [0.25, 0.3) is 0 Å². The highest BCUT2D eigenvalue weighted by Crippen LogP contribution is 2.26. The third-order valence-electron chi connectivity index (χ3n) is 4.50. The van der Waals surface area contributed by atoms with Crippen LogP contribution >= 0.6 is 11.3 Å². The van der Waals surface area contributed by atoms with E-state index in [1.807, 2.05) is 11.3 Å². The van der Waals surface area contributed by atoms with Crippen molar-refractivity contribution in [2.24, 2.45) is 11.3 Å². The van der Waals surface area contributed by atoms with Gasteiger partial charge in [-0.1, -0.05) is 40.7 Å². The molecule has 1 aliphatic heterocycles. The molecule has 1 saturated heterocycles. The molecule has 0 aromatic carbocycles. The summed E-state index contributed by atoms with van der Waals surface area (Å²) < 4.78 is 0. The van der Waals surface area contributed by atoms with Crippen molar-refractivity contribution in [2.45, 2.75) is 53.1 Å². The Kier molecular flexibility index (Phi) is 5.27. The Labute approximate surface area is 128 Å². The van der Waals surface area contributed by atoms with E-state index in [2.05, 4.69) is 62.3 Å². The maximum Gasteiger partial charge on any atom is 0.0244 e. The molecule has 20 heavy (non-hydrogen) atoms. The number of nitrogens with zero attached hydrogens (tertiary/aromatic N) is 1. The van der Waals surface area contributed by atoms with E-state index in [1.165, 1.54) is 24.4 Å². The molecule has 0 aliphatic carbocycles. The summed E-state index contributed by atoms with van der Waals surface area (Å²) in [5, 5.41) is 5.96. The van der Waals surface area contributed by atoms with Gasteiger partial charge in [0.15, 0.2) is 0 Å². The first-order valence-corrected chi connectivity index (χ1v) is 8.75. The van der Waals surface area contributed by atoms with Crippen molar-refractivity contribution in [3.8, 4) is 0 Å². The topological polar surface area (TPSA) is 15.3 Å². The van der Waals surface area contributed by atoms with Crippen molar-refractivity contribution in [1.29, 1.82) is 0 Å². The first-order valence-electron chi connectivity index (χ1n) is 7.87. The zero-order valence-corrected chi connectivity index (χ0v) is 14.5. The summed E-state index contributed by atoms with van der Waals surface area (Å²) in [6, 6.07) is 5.70.